The molecular formula is C41H44. The summed E-state index contributed by atoms with van der Waals surface area (Å²) >= 11 is 0. The number of rotatable bonds is 19. The van der Waals surface area contributed by atoms with Gasteiger partial charge >= 0.3 is 0 Å². The van der Waals surface area contributed by atoms with Gasteiger partial charge in [-0.1, -0.05) is 244 Å². The molecule has 0 spiro atoms. The second-order valence-electron chi connectivity index (χ2n) is 7.69. The van der Waals surface area contributed by atoms with Gasteiger partial charge in [-0.2, -0.15) is 0 Å². The first-order chi connectivity index (χ1) is 20.4. The molecule has 0 heterocycles. The predicted octanol–water partition coefficient (Wildman–Crippen LogP) is 11.8. The Morgan fingerprint density at radius 2 is 0.317 bits per heavy atom. The largest absolute Gasteiger partial charge is 0.0991 e. The van der Waals surface area contributed by atoms with Crippen LogP contribution in [-0.2, 0) is 0 Å². The third-order valence-electron chi connectivity index (χ3n) is 4.33. The topological polar surface area (TPSA) is 0 Å². The zero-order valence-electron chi connectivity index (χ0n) is 24.2. The van der Waals surface area contributed by atoms with Crippen LogP contribution >= 0.6 is 0 Å². The van der Waals surface area contributed by atoms with Crippen LogP contribution in [0.15, 0.2) is 244 Å². The number of hydrogen-bond acceptors (Lipinski definition) is 0. The molecule has 0 rings (SSSR count). The second-order valence-corrected chi connectivity index (χ2v) is 7.69. The molecule has 0 aliphatic heterocycles. The fourth-order valence-electron chi connectivity index (χ4n) is 2.43. The van der Waals surface area contributed by atoms with Crippen LogP contribution in [-0.4, -0.2) is 0 Å². The summed E-state index contributed by atoms with van der Waals surface area (Å²) in [5.41, 5.74) is 0. The molecule has 0 unspecified atom stereocenters. The molecule has 0 aromatic heterocycles. The van der Waals surface area contributed by atoms with Crippen molar-refractivity contribution in [2.24, 2.45) is 0 Å². The standard InChI is InChI=1S/C41H44/c1-3-5-7-9-11-13-15-17-19-21-23-25-27-29-31-33-35-37-39-41-40-38-36-34-32-30-28-26-24-22-20-18-16-14-12-10-8-6-4-2/h3-41H,1H2,2H3. The van der Waals surface area contributed by atoms with Crippen molar-refractivity contribution in [3.63, 3.8) is 0 Å². The van der Waals surface area contributed by atoms with Crippen molar-refractivity contribution in [3.8, 4) is 0 Å². The molecule has 208 valence electrons. The molecule has 0 aromatic rings. The summed E-state index contributed by atoms with van der Waals surface area (Å²) < 4.78 is 0. The van der Waals surface area contributed by atoms with Crippen LogP contribution in [0.4, 0.5) is 0 Å². The van der Waals surface area contributed by atoms with Crippen LogP contribution in [0.25, 0.3) is 0 Å². The smallest absolute Gasteiger partial charge is 0.0467 e. The Labute approximate surface area is 250 Å². The van der Waals surface area contributed by atoms with E-state index >= 15 is 0 Å². The zero-order valence-corrected chi connectivity index (χ0v) is 24.2. The maximum Gasteiger partial charge on any atom is -0.0467 e. The zero-order chi connectivity index (χ0) is 29.6. The summed E-state index contributed by atoms with van der Waals surface area (Å²) in [6.45, 7) is 5.62. The first-order valence-electron chi connectivity index (χ1n) is 13.7. The molecule has 0 aromatic carbocycles. The lowest BCUT2D eigenvalue weighted by Crippen LogP contribution is -1.55. The highest BCUT2D eigenvalue weighted by molar-refractivity contribution is 5.25. The summed E-state index contributed by atoms with van der Waals surface area (Å²) in [5, 5.41) is 0. The third kappa shape index (κ3) is 34.8. The fourth-order valence-corrected chi connectivity index (χ4v) is 2.43. The summed E-state index contributed by atoms with van der Waals surface area (Å²) in [4.78, 5) is 0. The lowest BCUT2D eigenvalue weighted by atomic mass is 10.3. The van der Waals surface area contributed by atoms with E-state index in [1.165, 1.54) is 0 Å². The van der Waals surface area contributed by atoms with E-state index in [9.17, 15) is 0 Å². The first-order valence-corrected chi connectivity index (χ1v) is 13.7. The van der Waals surface area contributed by atoms with E-state index in [-0.39, 0.29) is 0 Å². The maximum atomic E-state index is 3.62. The van der Waals surface area contributed by atoms with Gasteiger partial charge < -0.3 is 0 Å². The van der Waals surface area contributed by atoms with Gasteiger partial charge in [-0.25, -0.2) is 0 Å². The Balaban J connectivity index is 4.02. The van der Waals surface area contributed by atoms with Crippen molar-refractivity contribution in [2.45, 2.75) is 6.92 Å². The molecule has 0 atom stereocenters. The van der Waals surface area contributed by atoms with Crippen LogP contribution in [0, 0.1) is 0 Å². The Kier molecular flexibility index (Phi) is 30.4. The highest BCUT2D eigenvalue weighted by atomic mass is 13.7. The predicted molar refractivity (Wildman–Crippen MR) is 190 cm³/mol. The lowest BCUT2D eigenvalue weighted by molar-refractivity contribution is 1.73. The van der Waals surface area contributed by atoms with E-state index < -0.39 is 0 Å². The Morgan fingerprint density at radius 1 is 0.195 bits per heavy atom. The summed E-state index contributed by atoms with van der Waals surface area (Å²) in [5.74, 6) is 0. The highest BCUT2D eigenvalue weighted by Crippen LogP contribution is 1.89. The van der Waals surface area contributed by atoms with Gasteiger partial charge in [-0.05, 0) is 6.92 Å². The molecule has 0 aliphatic carbocycles. The summed E-state index contributed by atoms with van der Waals surface area (Å²) in [7, 11) is 0. The van der Waals surface area contributed by atoms with Crippen molar-refractivity contribution < 1.29 is 0 Å². The minimum atomic E-state index is 1.75. The number of hydrogen-bond donors (Lipinski definition) is 0. The molecule has 0 nitrogen and oxygen atoms in total. The Hall–Kier alpha value is -5.20. The minimum Gasteiger partial charge on any atom is -0.0991 e. The normalized spacial score (nSPS) is 15.1. The molecule has 41 heavy (non-hydrogen) atoms. The molecule has 0 bridgehead atoms. The van der Waals surface area contributed by atoms with E-state index in [4.69, 9.17) is 0 Å². The molecule has 0 N–H and O–H groups in total. The van der Waals surface area contributed by atoms with Gasteiger partial charge in [-0.15, -0.1) is 0 Å². The maximum absolute atomic E-state index is 3.62. The van der Waals surface area contributed by atoms with Gasteiger partial charge in [0.1, 0.15) is 0 Å². The van der Waals surface area contributed by atoms with Crippen LogP contribution in [0.5, 0.6) is 0 Å². The molecule has 0 saturated heterocycles. The van der Waals surface area contributed by atoms with Gasteiger partial charge in [-0.3, -0.25) is 0 Å². The van der Waals surface area contributed by atoms with Crippen molar-refractivity contribution in [1.29, 1.82) is 0 Å². The Bertz CT molecular complexity index is 1220. The highest BCUT2D eigenvalue weighted by Gasteiger charge is 1.67. The van der Waals surface area contributed by atoms with Crippen LogP contribution in [0.3, 0.4) is 0 Å². The number of allylic oxidation sites excluding steroid dienone is 39. The molecule has 0 amide bonds. The van der Waals surface area contributed by atoms with Crippen molar-refractivity contribution in [2.75, 3.05) is 0 Å². The molecule has 0 saturated carbocycles. The minimum absolute atomic E-state index is 1.75. The summed E-state index contributed by atoms with van der Waals surface area (Å²) in [6.07, 6.45) is 77.4. The van der Waals surface area contributed by atoms with E-state index in [1.54, 1.807) is 6.08 Å². The van der Waals surface area contributed by atoms with Crippen LogP contribution in [0.1, 0.15) is 6.92 Å². The molecule has 0 aliphatic rings. The van der Waals surface area contributed by atoms with E-state index in [1.807, 2.05) is 238 Å². The van der Waals surface area contributed by atoms with Gasteiger partial charge in [0.25, 0.3) is 0 Å². The molecule has 0 heteroatoms. The second kappa shape index (κ2) is 34.8. The van der Waals surface area contributed by atoms with Gasteiger partial charge in [0.2, 0.25) is 0 Å². The van der Waals surface area contributed by atoms with Gasteiger partial charge in [0.15, 0.2) is 0 Å². The van der Waals surface area contributed by atoms with Gasteiger partial charge in [0.05, 0.1) is 0 Å². The van der Waals surface area contributed by atoms with Crippen molar-refractivity contribution >= 4 is 0 Å². The fraction of sp³-hybridized carbons (Fsp3) is 0.0244. The van der Waals surface area contributed by atoms with E-state index in [2.05, 4.69) is 6.58 Å². The van der Waals surface area contributed by atoms with Crippen LogP contribution in [0.2, 0.25) is 0 Å². The third-order valence-corrected chi connectivity index (χ3v) is 4.33. The lowest BCUT2D eigenvalue weighted by Gasteiger charge is -1.76. The van der Waals surface area contributed by atoms with Crippen molar-refractivity contribution in [1.82, 2.24) is 0 Å². The van der Waals surface area contributed by atoms with Gasteiger partial charge in [0, 0.05) is 0 Å². The van der Waals surface area contributed by atoms with Crippen LogP contribution < -0.4 is 0 Å². The molecule has 0 fully saturated rings. The monoisotopic (exact) mass is 536 g/mol. The molecule has 0 radical (unpaired) electrons. The van der Waals surface area contributed by atoms with E-state index in [0.717, 1.165) is 0 Å². The SMILES string of the molecule is C=CC=CC=CC=CC=CC=CC=CC=CC=CC=CC=CC=CC=CC=CC=CC=CC=CC=CC=CC=CC. The quantitative estimate of drug-likeness (QED) is 0.144. The average Bonchev–Trinajstić information content (AvgIpc) is 2.98. The summed E-state index contributed by atoms with van der Waals surface area (Å²) in [6, 6.07) is 0. The van der Waals surface area contributed by atoms with Crippen molar-refractivity contribution in [3.05, 3.63) is 244 Å². The average molecular weight is 537 g/mol. The Morgan fingerprint density at radius 3 is 0.439 bits per heavy atom. The van der Waals surface area contributed by atoms with E-state index in [0.29, 0.717) is 0 Å². The first kappa shape index (κ1) is 35.8. The molecular weight excluding hydrogens is 492 g/mol.